The van der Waals surface area contributed by atoms with E-state index >= 15 is 0 Å². The van der Waals surface area contributed by atoms with E-state index in [4.69, 9.17) is 14.2 Å². The first-order valence-electron chi connectivity index (χ1n) is 10.5. The molecule has 1 N–H and O–H groups in total. The Morgan fingerprint density at radius 1 is 1.03 bits per heavy atom. The van der Waals surface area contributed by atoms with Crippen molar-refractivity contribution in [3.05, 3.63) is 53.8 Å². The van der Waals surface area contributed by atoms with Crippen LogP contribution in [0.15, 0.2) is 42.5 Å². The van der Waals surface area contributed by atoms with E-state index < -0.39 is 17.8 Å². The summed E-state index contributed by atoms with van der Waals surface area (Å²) >= 11 is 0. The zero-order valence-corrected chi connectivity index (χ0v) is 19.2. The lowest BCUT2D eigenvalue weighted by atomic mass is 10.1. The van der Waals surface area contributed by atoms with Crippen LogP contribution in [0.5, 0.6) is 17.2 Å². The number of hydrogen-bond donors (Lipinski definition) is 1. The van der Waals surface area contributed by atoms with Gasteiger partial charge >= 0.3 is 0 Å². The van der Waals surface area contributed by atoms with Gasteiger partial charge in [-0.05, 0) is 26.3 Å². The molecule has 0 aliphatic carbocycles. The van der Waals surface area contributed by atoms with Crippen LogP contribution < -0.4 is 19.5 Å². The highest BCUT2D eigenvalue weighted by atomic mass is 19.1. The molecule has 0 unspecified atom stereocenters. The zero-order valence-electron chi connectivity index (χ0n) is 19.2. The highest BCUT2D eigenvalue weighted by Gasteiger charge is 2.28. The lowest BCUT2D eigenvalue weighted by Crippen LogP contribution is -2.50. The first-order chi connectivity index (χ1) is 15.3. The van der Waals surface area contributed by atoms with E-state index in [2.05, 4.69) is 5.32 Å². The van der Waals surface area contributed by atoms with Crippen molar-refractivity contribution in [2.45, 2.75) is 45.8 Å². The van der Waals surface area contributed by atoms with Crippen molar-refractivity contribution in [3.8, 4) is 17.2 Å². The number of halogens is 1. The molecule has 2 aromatic carbocycles. The fourth-order valence-electron chi connectivity index (χ4n) is 2.95. The molecule has 7 nitrogen and oxygen atoms in total. The van der Waals surface area contributed by atoms with Crippen LogP contribution in [0.25, 0.3) is 0 Å². The molecular weight excluding hydrogens is 415 g/mol. The van der Waals surface area contributed by atoms with Gasteiger partial charge in [0, 0.05) is 36.3 Å². The van der Waals surface area contributed by atoms with Gasteiger partial charge in [0.2, 0.25) is 5.91 Å². The molecule has 0 radical (unpaired) electrons. The molecule has 174 valence electrons. The van der Waals surface area contributed by atoms with Crippen LogP contribution in [0.4, 0.5) is 4.39 Å². The van der Waals surface area contributed by atoms with Gasteiger partial charge in [-0.25, -0.2) is 4.39 Å². The molecule has 0 saturated carbocycles. The minimum absolute atomic E-state index is 0.0455. The van der Waals surface area contributed by atoms with E-state index in [0.29, 0.717) is 22.8 Å². The number of nitrogens with one attached hydrogen (secondary N) is 1. The molecule has 2 aromatic rings. The Kier molecular flexibility index (Phi) is 9.31. The Hall–Kier alpha value is -3.29. The summed E-state index contributed by atoms with van der Waals surface area (Å²) in [4.78, 5) is 27.1. The fourth-order valence-corrected chi connectivity index (χ4v) is 2.95. The maximum Gasteiger partial charge on any atom is 0.261 e. The van der Waals surface area contributed by atoms with Gasteiger partial charge in [-0.1, -0.05) is 25.1 Å². The summed E-state index contributed by atoms with van der Waals surface area (Å²) in [6.45, 7) is 5.04. The van der Waals surface area contributed by atoms with Crippen LogP contribution in [0.3, 0.4) is 0 Å². The van der Waals surface area contributed by atoms with Gasteiger partial charge in [-0.15, -0.1) is 0 Å². The minimum Gasteiger partial charge on any atom is -0.496 e. The lowest BCUT2D eigenvalue weighted by Gasteiger charge is -2.29. The average molecular weight is 447 g/mol. The Labute approximate surface area is 188 Å². The summed E-state index contributed by atoms with van der Waals surface area (Å²) in [7, 11) is 3.02. The average Bonchev–Trinajstić information content (AvgIpc) is 2.81. The molecule has 0 aliphatic heterocycles. The van der Waals surface area contributed by atoms with E-state index in [1.54, 1.807) is 43.3 Å². The van der Waals surface area contributed by atoms with Crippen LogP contribution >= 0.6 is 0 Å². The van der Waals surface area contributed by atoms with Crippen LogP contribution in [0.1, 0.15) is 32.8 Å². The predicted molar refractivity (Wildman–Crippen MR) is 119 cm³/mol. The Bertz CT molecular complexity index is 899. The number of amides is 2. The molecule has 2 atom stereocenters. The second kappa shape index (κ2) is 11.9. The van der Waals surface area contributed by atoms with Gasteiger partial charge in [0.15, 0.2) is 6.61 Å². The Morgan fingerprint density at radius 2 is 1.62 bits per heavy atom. The van der Waals surface area contributed by atoms with E-state index in [1.807, 2.05) is 13.8 Å². The first kappa shape index (κ1) is 25.0. The standard InChI is InChI=1S/C24H31FN2O5/c1-6-16(2)26-24(29)17(3)27(14-18-9-7-8-10-22(18)25)23(28)15-32-21-12-19(30-4)11-20(13-21)31-5/h7-13,16-17H,6,14-15H2,1-5H3,(H,26,29)/t16-,17+/m1/s1. The quantitative estimate of drug-likeness (QED) is 0.571. The third-order valence-electron chi connectivity index (χ3n) is 5.15. The molecule has 32 heavy (non-hydrogen) atoms. The van der Waals surface area contributed by atoms with E-state index in [0.717, 1.165) is 6.42 Å². The number of nitrogens with zero attached hydrogens (tertiary/aromatic N) is 1. The Morgan fingerprint density at radius 3 is 2.19 bits per heavy atom. The third kappa shape index (κ3) is 6.87. The molecule has 0 aromatic heterocycles. The van der Waals surface area contributed by atoms with Crippen LogP contribution in [0.2, 0.25) is 0 Å². The second-order valence-electron chi connectivity index (χ2n) is 7.44. The number of carbonyl (C=O) groups excluding carboxylic acids is 2. The van der Waals surface area contributed by atoms with Crippen LogP contribution in [0, 0.1) is 5.82 Å². The third-order valence-corrected chi connectivity index (χ3v) is 5.15. The van der Waals surface area contributed by atoms with E-state index in [-0.39, 0.29) is 25.1 Å². The van der Waals surface area contributed by atoms with Crippen molar-refractivity contribution in [1.29, 1.82) is 0 Å². The van der Waals surface area contributed by atoms with Gasteiger partial charge in [-0.3, -0.25) is 9.59 Å². The van der Waals surface area contributed by atoms with Crippen molar-refractivity contribution < 1.29 is 28.2 Å². The molecule has 0 fully saturated rings. The number of benzene rings is 2. The monoisotopic (exact) mass is 446 g/mol. The number of carbonyl (C=O) groups is 2. The van der Waals surface area contributed by atoms with Gasteiger partial charge in [0.25, 0.3) is 5.91 Å². The van der Waals surface area contributed by atoms with Crippen molar-refractivity contribution >= 4 is 11.8 Å². The van der Waals surface area contributed by atoms with Crippen molar-refractivity contribution in [3.63, 3.8) is 0 Å². The maximum atomic E-state index is 14.3. The molecule has 0 heterocycles. The summed E-state index contributed by atoms with van der Waals surface area (Å²) in [6, 6.07) is 10.2. The zero-order chi connectivity index (χ0) is 23.7. The number of ether oxygens (including phenoxy) is 3. The summed E-state index contributed by atoms with van der Waals surface area (Å²) in [5.41, 5.74) is 0.312. The number of methoxy groups -OCH3 is 2. The van der Waals surface area contributed by atoms with Crippen molar-refractivity contribution in [2.24, 2.45) is 0 Å². The topological polar surface area (TPSA) is 77.1 Å². The molecule has 2 rings (SSSR count). The van der Waals surface area contributed by atoms with E-state index in [1.165, 1.54) is 25.2 Å². The van der Waals surface area contributed by atoms with Gasteiger partial charge in [-0.2, -0.15) is 0 Å². The van der Waals surface area contributed by atoms with Gasteiger partial charge < -0.3 is 24.4 Å². The van der Waals surface area contributed by atoms with Crippen LogP contribution in [-0.2, 0) is 16.1 Å². The normalized spacial score (nSPS) is 12.4. The summed E-state index contributed by atoms with van der Waals surface area (Å²) < 4.78 is 30.3. The first-order valence-corrected chi connectivity index (χ1v) is 10.5. The van der Waals surface area contributed by atoms with Crippen molar-refractivity contribution in [2.75, 3.05) is 20.8 Å². The molecule has 0 bridgehead atoms. The van der Waals surface area contributed by atoms with Crippen molar-refractivity contribution in [1.82, 2.24) is 10.2 Å². The molecule has 2 amide bonds. The maximum absolute atomic E-state index is 14.3. The van der Waals surface area contributed by atoms with E-state index in [9.17, 15) is 14.0 Å². The molecule has 0 aliphatic rings. The molecule has 0 spiro atoms. The van der Waals surface area contributed by atoms with Gasteiger partial charge in [0.1, 0.15) is 29.1 Å². The highest BCUT2D eigenvalue weighted by molar-refractivity contribution is 5.88. The molecule has 0 saturated heterocycles. The highest BCUT2D eigenvalue weighted by Crippen LogP contribution is 2.27. The van der Waals surface area contributed by atoms with Gasteiger partial charge in [0.05, 0.1) is 14.2 Å². The van der Waals surface area contributed by atoms with Crippen LogP contribution in [-0.4, -0.2) is 49.6 Å². The summed E-state index contributed by atoms with van der Waals surface area (Å²) in [5.74, 6) is 0.178. The smallest absolute Gasteiger partial charge is 0.261 e. The Balaban J connectivity index is 2.21. The number of hydrogen-bond acceptors (Lipinski definition) is 5. The fraction of sp³-hybridized carbons (Fsp3) is 0.417. The second-order valence-corrected chi connectivity index (χ2v) is 7.44. The SMILES string of the molecule is CC[C@@H](C)NC(=O)[C@H](C)N(Cc1ccccc1F)C(=O)COc1cc(OC)cc(OC)c1. The summed E-state index contributed by atoms with van der Waals surface area (Å²) in [5, 5.41) is 2.87. The number of rotatable bonds is 11. The molecule has 8 heteroatoms. The lowest BCUT2D eigenvalue weighted by molar-refractivity contribution is -0.142. The predicted octanol–water partition coefficient (Wildman–Crippen LogP) is 3.55. The molecular formula is C24H31FN2O5. The largest absolute Gasteiger partial charge is 0.496 e. The summed E-state index contributed by atoms with van der Waals surface area (Å²) in [6.07, 6.45) is 0.750. The minimum atomic E-state index is -0.820.